The summed E-state index contributed by atoms with van der Waals surface area (Å²) < 4.78 is 5.48. The molecule has 0 aliphatic carbocycles. The minimum atomic E-state index is -0.140. The van der Waals surface area contributed by atoms with Crippen molar-refractivity contribution in [1.82, 2.24) is 5.32 Å². The summed E-state index contributed by atoms with van der Waals surface area (Å²) >= 11 is 0. The average Bonchev–Trinajstić information content (AvgIpc) is 3.13. The first-order valence-electron chi connectivity index (χ1n) is 7.83. The van der Waals surface area contributed by atoms with Crippen LogP contribution in [-0.4, -0.2) is 30.9 Å². The van der Waals surface area contributed by atoms with Crippen LogP contribution >= 0.6 is 0 Å². The van der Waals surface area contributed by atoms with Crippen molar-refractivity contribution in [2.24, 2.45) is 0 Å². The molecule has 0 bridgehead atoms. The van der Waals surface area contributed by atoms with Crippen LogP contribution in [0.1, 0.15) is 39.1 Å². The molecule has 4 nitrogen and oxygen atoms in total. The maximum Gasteiger partial charge on any atom is 0.251 e. The first kappa shape index (κ1) is 15.4. The Bertz CT molecular complexity index is 674. The molecule has 1 amide bonds. The summed E-state index contributed by atoms with van der Waals surface area (Å²) in [5.74, 6) is -0.184. The lowest BCUT2D eigenvalue weighted by atomic mass is 10.0. The number of amides is 1. The van der Waals surface area contributed by atoms with Crippen molar-refractivity contribution in [2.45, 2.75) is 18.9 Å². The van der Waals surface area contributed by atoms with E-state index in [0.717, 1.165) is 19.4 Å². The lowest BCUT2D eigenvalue weighted by Gasteiger charge is -2.11. The highest BCUT2D eigenvalue weighted by molar-refractivity contribution is 6.09. The predicted octanol–water partition coefficient (Wildman–Crippen LogP) is 2.83. The maximum absolute atomic E-state index is 12.3. The molecule has 0 saturated carbocycles. The van der Waals surface area contributed by atoms with E-state index in [1.165, 1.54) is 0 Å². The number of hydrogen-bond donors (Lipinski definition) is 1. The molecule has 2 aromatic rings. The van der Waals surface area contributed by atoms with Crippen LogP contribution in [0, 0.1) is 0 Å². The smallest absolute Gasteiger partial charge is 0.251 e. The molecule has 1 aliphatic heterocycles. The van der Waals surface area contributed by atoms with Crippen molar-refractivity contribution in [3.05, 3.63) is 71.3 Å². The van der Waals surface area contributed by atoms with E-state index in [4.69, 9.17) is 4.74 Å². The van der Waals surface area contributed by atoms with Gasteiger partial charge in [-0.3, -0.25) is 9.59 Å². The normalized spacial score (nSPS) is 17.0. The Hall–Kier alpha value is -2.46. The van der Waals surface area contributed by atoms with Gasteiger partial charge in [-0.15, -0.1) is 0 Å². The molecule has 1 aliphatic rings. The fourth-order valence-electron chi connectivity index (χ4n) is 2.64. The molecule has 118 valence electrons. The van der Waals surface area contributed by atoms with E-state index in [1.54, 1.807) is 36.4 Å². The summed E-state index contributed by atoms with van der Waals surface area (Å²) in [7, 11) is 0. The second kappa shape index (κ2) is 7.20. The minimum Gasteiger partial charge on any atom is -0.376 e. The highest BCUT2D eigenvalue weighted by Crippen LogP contribution is 2.13. The van der Waals surface area contributed by atoms with E-state index in [2.05, 4.69) is 5.32 Å². The van der Waals surface area contributed by atoms with Crippen molar-refractivity contribution < 1.29 is 14.3 Å². The summed E-state index contributed by atoms with van der Waals surface area (Å²) in [6, 6.07) is 15.8. The van der Waals surface area contributed by atoms with Gasteiger partial charge < -0.3 is 10.1 Å². The number of benzene rings is 2. The fraction of sp³-hybridized carbons (Fsp3) is 0.263. The SMILES string of the molecule is O=C(NC[C@H]1CCCO1)c1ccc(C(=O)c2ccccc2)cc1. The molecule has 1 N–H and O–H groups in total. The number of ether oxygens (including phenoxy) is 1. The molecule has 1 heterocycles. The number of carbonyl (C=O) groups excluding carboxylic acids is 2. The van der Waals surface area contributed by atoms with Crippen LogP contribution < -0.4 is 5.32 Å². The minimum absolute atomic E-state index is 0.0445. The Morgan fingerprint density at radius 3 is 2.26 bits per heavy atom. The summed E-state index contributed by atoms with van der Waals surface area (Å²) in [6.07, 6.45) is 2.17. The molecule has 0 unspecified atom stereocenters. The van der Waals surface area contributed by atoms with Crippen LogP contribution in [-0.2, 0) is 4.74 Å². The molecule has 23 heavy (non-hydrogen) atoms. The molecule has 4 heteroatoms. The van der Waals surface area contributed by atoms with Gasteiger partial charge in [-0.2, -0.15) is 0 Å². The van der Waals surface area contributed by atoms with Gasteiger partial charge >= 0.3 is 0 Å². The monoisotopic (exact) mass is 309 g/mol. The molecule has 0 aromatic heterocycles. The van der Waals surface area contributed by atoms with Gasteiger partial charge in [-0.25, -0.2) is 0 Å². The van der Waals surface area contributed by atoms with Crippen LogP contribution in [0.5, 0.6) is 0 Å². The number of ketones is 1. The largest absolute Gasteiger partial charge is 0.376 e. The summed E-state index contributed by atoms with van der Waals surface area (Å²) in [5.41, 5.74) is 1.77. The van der Waals surface area contributed by atoms with Gasteiger partial charge in [0.15, 0.2) is 5.78 Å². The molecule has 1 atom stereocenters. The van der Waals surface area contributed by atoms with Crippen LogP contribution in [0.25, 0.3) is 0 Å². The molecule has 1 fully saturated rings. The lowest BCUT2D eigenvalue weighted by molar-refractivity contribution is 0.0857. The zero-order valence-electron chi connectivity index (χ0n) is 12.8. The van der Waals surface area contributed by atoms with E-state index in [-0.39, 0.29) is 17.8 Å². The predicted molar refractivity (Wildman–Crippen MR) is 87.6 cm³/mol. The molecule has 3 rings (SSSR count). The highest BCUT2D eigenvalue weighted by atomic mass is 16.5. The van der Waals surface area contributed by atoms with Crippen LogP contribution in [0.3, 0.4) is 0 Å². The first-order valence-corrected chi connectivity index (χ1v) is 7.83. The van der Waals surface area contributed by atoms with Crippen molar-refractivity contribution in [1.29, 1.82) is 0 Å². The van der Waals surface area contributed by atoms with Gasteiger partial charge in [-0.05, 0) is 25.0 Å². The molecule has 0 radical (unpaired) electrons. The van der Waals surface area contributed by atoms with E-state index in [1.807, 2.05) is 18.2 Å². The Kier molecular flexibility index (Phi) is 4.83. The van der Waals surface area contributed by atoms with E-state index >= 15 is 0 Å². The van der Waals surface area contributed by atoms with Crippen molar-refractivity contribution in [2.75, 3.05) is 13.2 Å². The zero-order chi connectivity index (χ0) is 16.1. The van der Waals surface area contributed by atoms with Crippen molar-refractivity contribution in [3.63, 3.8) is 0 Å². The summed E-state index contributed by atoms with van der Waals surface area (Å²) in [4.78, 5) is 24.4. The maximum atomic E-state index is 12.3. The van der Waals surface area contributed by atoms with Crippen LogP contribution in [0.15, 0.2) is 54.6 Å². The number of rotatable bonds is 5. The fourth-order valence-corrected chi connectivity index (χ4v) is 2.64. The highest BCUT2D eigenvalue weighted by Gasteiger charge is 2.17. The lowest BCUT2D eigenvalue weighted by Crippen LogP contribution is -2.31. The van der Waals surface area contributed by atoms with Gasteiger partial charge in [-0.1, -0.05) is 42.5 Å². The number of hydrogen-bond acceptors (Lipinski definition) is 3. The van der Waals surface area contributed by atoms with Gasteiger partial charge in [0.05, 0.1) is 6.10 Å². The third kappa shape index (κ3) is 3.85. The summed E-state index contributed by atoms with van der Waals surface area (Å²) in [6.45, 7) is 1.31. The van der Waals surface area contributed by atoms with E-state index in [9.17, 15) is 9.59 Å². The van der Waals surface area contributed by atoms with Gasteiger partial charge in [0.25, 0.3) is 5.91 Å². The third-order valence-electron chi connectivity index (χ3n) is 3.96. The van der Waals surface area contributed by atoms with E-state index < -0.39 is 0 Å². The Balaban J connectivity index is 1.62. The molecule has 1 saturated heterocycles. The second-order valence-electron chi connectivity index (χ2n) is 5.62. The molecular weight excluding hydrogens is 290 g/mol. The van der Waals surface area contributed by atoms with Gasteiger partial charge in [0.1, 0.15) is 0 Å². The zero-order valence-corrected chi connectivity index (χ0v) is 12.8. The standard InChI is InChI=1S/C19H19NO3/c21-18(14-5-2-1-3-6-14)15-8-10-16(11-9-15)19(22)20-13-17-7-4-12-23-17/h1-3,5-6,8-11,17H,4,7,12-13H2,(H,20,22)/t17-/m1/s1. The van der Waals surface area contributed by atoms with Crippen molar-refractivity contribution >= 4 is 11.7 Å². The Morgan fingerprint density at radius 2 is 1.61 bits per heavy atom. The molecule has 2 aromatic carbocycles. The Labute approximate surface area is 135 Å². The number of nitrogens with one attached hydrogen (secondary N) is 1. The van der Waals surface area contributed by atoms with Crippen LogP contribution in [0.2, 0.25) is 0 Å². The van der Waals surface area contributed by atoms with Crippen LogP contribution in [0.4, 0.5) is 0 Å². The second-order valence-corrected chi connectivity index (χ2v) is 5.62. The van der Waals surface area contributed by atoms with Gasteiger partial charge in [0.2, 0.25) is 0 Å². The van der Waals surface area contributed by atoms with E-state index in [0.29, 0.717) is 23.2 Å². The topological polar surface area (TPSA) is 55.4 Å². The molecular formula is C19H19NO3. The average molecular weight is 309 g/mol. The summed E-state index contributed by atoms with van der Waals surface area (Å²) in [5, 5.41) is 2.87. The molecule has 0 spiro atoms. The first-order chi connectivity index (χ1) is 11.2. The number of carbonyl (C=O) groups is 2. The van der Waals surface area contributed by atoms with Gasteiger partial charge in [0, 0.05) is 29.8 Å². The third-order valence-corrected chi connectivity index (χ3v) is 3.96. The van der Waals surface area contributed by atoms with Crippen molar-refractivity contribution in [3.8, 4) is 0 Å². The Morgan fingerprint density at radius 1 is 0.957 bits per heavy atom. The quantitative estimate of drug-likeness (QED) is 0.864.